The summed E-state index contributed by atoms with van der Waals surface area (Å²) in [6.45, 7) is 15.0. The molecule has 1 unspecified atom stereocenters. The third-order valence-electron chi connectivity index (χ3n) is 4.11. The molecule has 2 rings (SSSR count). The van der Waals surface area contributed by atoms with Gasteiger partial charge < -0.3 is 10.6 Å². The average molecular weight is 342 g/mol. The molecule has 0 radical (unpaired) electrons. The molecule has 1 aromatic heterocycles. The Bertz CT molecular complexity index is 701. The van der Waals surface area contributed by atoms with Crippen molar-refractivity contribution in [1.82, 2.24) is 15.0 Å². The van der Waals surface area contributed by atoms with Crippen molar-refractivity contribution in [2.75, 3.05) is 10.6 Å². The van der Waals surface area contributed by atoms with E-state index in [1.165, 1.54) is 16.7 Å². The van der Waals surface area contributed by atoms with Gasteiger partial charge in [-0.1, -0.05) is 38.5 Å². The van der Waals surface area contributed by atoms with Gasteiger partial charge in [0.05, 0.1) is 0 Å². The van der Waals surface area contributed by atoms with E-state index in [0.29, 0.717) is 23.9 Å². The van der Waals surface area contributed by atoms with Crippen molar-refractivity contribution < 1.29 is 0 Å². The van der Waals surface area contributed by atoms with Gasteiger partial charge in [-0.05, 0) is 51.2 Å². The Morgan fingerprint density at radius 1 is 0.920 bits per heavy atom. The van der Waals surface area contributed by atoms with Gasteiger partial charge in [0.15, 0.2) is 0 Å². The van der Waals surface area contributed by atoms with Crippen molar-refractivity contribution in [1.29, 1.82) is 0 Å². The average Bonchev–Trinajstić information content (AvgIpc) is 2.49. The second-order valence-electron chi connectivity index (χ2n) is 7.33. The summed E-state index contributed by atoms with van der Waals surface area (Å²) in [5.41, 5.74) is 4.72. The Kier molecular flexibility index (Phi) is 6.34. The maximum Gasteiger partial charge on any atom is 0.232 e. The molecule has 0 aliphatic rings. The summed E-state index contributed by atoms with van der Waals surface area (Å²) in [6, 6.07) is 4.66. The first kappa shape index (κ1) is 19.2. The van der Waals surface area contributed by atoms with E-state index in [1.807, 2.05) is 0 Å². The molecule has 1 aromatic carbocycles. The molecule has 0 bridgehead atoms. The maximum atomic E-state index is 4.58. The molecule has 1 atom stereocenters. The zero-order valence-electron chi connectivity index (χ0n) is 16.6. The number of nitrogens with zero attached hydrogens (tertiary/aromatic N) is 3. The lowest BCUT2D eigenvalue weighted by Crippen LogP contribution is -2.20. The van der Waals surface area contributed by atoms with Crippen LogP contribution in [0.15, 0.2) is 12.1 Å². The molecule has 2 aromatic rings. The molecular weight excluding hydrogens is 310 g/mol. The molecule has 5 nitrogen and oxygen atoms in total. The molecule has 0 saturated carbocycles. The fourth-order valence-electron chi connectivity index (χ4n) is 3.17. The predicted octanol–water partition coefficient (Wildman–Crippen LogP) is 4.95. The standard InChI is InChI=1S/C20H31N5/c1-8-17-22-19(21-16(7)9-12(2)3)25-20(23-17)24-18-14(5)10-13(4)11-15(18)6/h10-12,16H,8-9H2,1-7H3,(H2,21,22,23,24,25). The van der Waals surface area contributed by atoms with Gasteiger partial charge >= 0.3 is 0 Å². The van der Waals surface area contributed by atoms with Crippen LogP contribution in [0.4, 0.5) is 17.6 Å². The molecule has 0 aliphatic carbocycles. The van der Waals surface area contributed by atoms with E-state index in [0.717, 1.165) is 24.4 Å². The van der Waals surface area contributed by atoms with E-state index in [2.05, 4.69) is 86.2 Å². The van der Waals surface area contributed by atoms with Crippen LogP contribution in [-0.4, -0.2) is 21.0 Å². The van der Waals surface area contributed by atoms with Gasteiger partial charge in [-0.2, -0.15) is 15.0 Å². The fourth-order valence-corrected chi connectivity index (χ4v) is 3.17. The largest absolute Gasteiger partial charge is 0.352 e. The highest BCUT2D eigenvalue weighted by Crippen LogP contribution is 2.25. The quantitative estimate of drug-likeness (QED) is 0.746. The molecule has 0 amide bonds. The van der Waals surface area contributed by atoms with Crippen LogP contribution < -0.4 is 10.6 Å². The first-order valence-electron chi connectivity index (χ1n) is 9.14. The van der Waals surface area contributed by atoms with Gasteiger partial charge in [0.2, 0.25) is 11.9 Å². The number of anilines is 3. The third-order valence-corrected chi connectivity index (χ3v) is 4.11. The highest BCUT2D eigenvalue weighted by atomic mass is 15.2. The minimum Gasteiger partial charge on any atom is -0.352 e. The molecule has 0 spiro atoms. The molecule has 0 saturated heterocycles. The fraction of sp³-hybridized carbons (Fsp3) is 0.550. The number of rotatable bonds is 7. The van der Waals surface area contributed by atoms with Crippen molar-refractivity contribution in [2.24, 2.45) is 5.92 Å². The van der Waals surface area contributed by atoms with Crippen LogP contribution in [0, 0.1) is 26.7 Å². The second-order valence-corrected chi connectivity index (χ2v) is 7.33. The minimum absolute atomic E-state index is 0.322. The van der Waals surface area contributed by atoms with Gasteiger partial charge in [0.1, 0.15) is 5.82 Å². The van der Waals surface area contributed by atoms with Crippen LogP contribution >= 0.6 is 0 Å². The van der Waals surface area contributed by atoms with Crippen molar-refractivity contribution in [3.05, 3.63) is 34.6 Å². The van der Waals surface area contributed by atoms with E-state index in [1.54, 1.807) is 0 Å². The summed E-state index contributed by atoms with van der Waals surface area (Å²) < 4.78 is 0. The highest BCUT2D eigenvalue weighted by Gasteiger charge is 2.12. The van der Waals surface area contributed by atoms with E-state index in [9.17, 15) is 0 Å². The Hall–Kier alpha value is -2.17. The van der Waals surface area contributed by atoms with Crippen LogP contribution in [0.1, 0.15) is 56.6 Å². The van der Waals surface area contributed by atoms with Gasteiger partial charge in [-0.3, -0.25) is 0 Å². The second kappa shape index (κ2) is 8.28. The first-order chi connectivity index (χ1) is 11.8. The minimum atomic E-state index is 0.322. The highest BCUT2D eigenvalue weighted by molar-refractivity contribution is 5.64. The van der Waals surface area contributed by atoms with Crippen molar-refractivity contribution in [3.63, 3.8) is 0 Å². The molecule has 0 aliphatic heterocycles. The third kappa shape index (κ3) is 5.41. The molecule has 25 heavy (non-hydrogen) atoms. The summed E-state index contributed by atoms with van der Waals surface area (Å²) >= 11 is 0. The Balaban J connectivity index is 2.28. The SMILES string of the molecule is CCc1nc(Nc2c(C)cc(C)cc2C)nc(NC(C)CC(C)C)n1. The number of hydrogen-bond acceptors (Lipinski definition) is 5. The van der Waals surface area contributed by atoms with Crippen LogP contribution in [-0.2, 0) is 6.42 Å². The van der Waals surface area contributed by atoms with E-state index in [4.69, 9.17) is 0 Å². The van der Waals surface area contributed by atoms with Crippen LogP contribution in [0.5, 0.6) is 0 Å². The topological polar surface area (TPSA) is 62.7 Å². The Morgan fingerprint density at radius 2 is 1.52 bits per heavy atom. The van der Waals surface area contributed by atoms with Gasteiger partial charge in [-0.25, -0.2) is 0 Å². The first-order valence-corrected chi connectivity index (χ1v) is 9.14. The Morgan fingerprint density at radius 3 is 2.08 bits per heavy atom. The van der Waals surface area contributed by atoms with Crippen LogP contribution in [0.2, 0.25) is 0 Å². The molecule has 0 fully saturated rings. The molecular formula is C20H31N5. The van der Waals surface area contributed by atoms with E-state index < -0.39 is 0 Å². The number of hydrogen-bond donors (Lipinski definition) is 2. The number of nitrogens with one attached hydrogen (secondary N) is 2. The van der Waals surface area contributed by atoms with Crippen LogP contribution in [0.25, 0.3) is 0 Å². The molecule has 5 heteroatoms. The number of benzene rings is 1. The maximum absolute atomic E-state index is 4.58. The normalized spacial score (nSPS) is 12.3. The van der Waals surface area contributed by atoms with Crippen molar-refractivity contribution in [3.8, 4) is 0 Å². The smallest absolute Gasteiger partial charge is 0.232 e. The van der Waals surface area contributed by atoms with Gasteiger partial charge in [-0.15, -0.1) is 0 Å². The molecule has 136 valence electrons. The number of aryl methyl sites for hydroxylation is 4. The lowest BCUT2D eigenvalue weighted by Gasteiger charge is -2.17. The van der Waals surface area contributed by atoms with Gasteiger partial charge in [0, 0.05) is 18.2 Å². The predicted molar refractivity (Wildman–Crippen MR) is 106 cm³/mol. The Labute approximate surface area is 151 Å². The lowest BCUT2D eigenvalue weighted by molar-refractivity contribution is 0.537. The number of aromatic nitrogens is 3. The van der Waals surface area contributed by atoms with E-state index >= 15 is 0 Å². The molecule has 1 heterocycles. The summed E-state index contributed by atoms with van der Waals surface area (Å²) in [4.78, 5) is 13.7. The van der Waals surface area contributed by atoms with Crippen LogP contribution in [0.3, 0.4) is 0 Å². The summed E-state index contributed by atoms with van der Waals surface area (Å²) in [7, 11) is 0. The molecule has 2 N–H and O–H groups in total. The monoisotopic (exact) mass is 341 g/mol. The summed E-state index contributed by atoms with van der Waals surface area (Å²) in [5.74, 6) is 2.66. The van der Waals surface area contributed by atoms with E-state index in [-0.39, 0.29) is 0 Å². The zero-order chi connectivity index (χ0) is 18.6. The van der Waals surface area contributed by atoms with Crippen molar-refractivity contribution in [2.45, 2.75) is 67.3 Å². The summed E-state index contributed by atoms with van der Waals surface area (Å²) in [6.07, 6.45) is 1.85. The summed E-state index contributed by atoms with van der Waals surface area (Å²) in [5, 5.41) is 6.80. The van der Waals surface area contributed by atoms with Crippen molar-refractivity contribution >= 4 is 17.6 Å². The zero-order valence-corrected chi connectivity index (χ0v) is 16.6. The lowest BCUT2D eigenvalue weighted by atomic mass is 10.1. The van der Waals surface area contributed by atoms with Gasteiger partial charge in [0.25, 0.3) is 0 Å².